The molecule has 0 bridgehead atoms. The first-order valence-electron chi connectivity index (χ1n) is 6.00. The van der Waals surface area contributed by atoms with Gasteiger partial charge in [-0.2, -0.15) is 0 Å². The molecular weight excluding hydrogens is 295 g/mol. The van der Waals surface area contributed by atoms with E-state index >= 15 is 0 Å². The van der Waals surface area contributed by atoms with Crippen LogP contribution in [-0.4, -0.2) is 21.0 Å². The zero-order valence-electron chi connectivity index (χ0n) is 10.5. The highest BCUT2D eigenvalue weighted by Crippen LogP contribution is 2.28. The Morgan fingerprint density at radius 2 is 2.10 bits per heavy atom. The fourth-order valence-corrected chi connectivity index (χ4v) is 2.30. The monoisotopic (exact) mass is 302 g/mol. The Kier molecular flexibility index (Phi) is 3.27. The number of rotatable bonds is 2. The second-order valence-corrected chi connectivity index (χ2v) is 4.82. The molecule has 3 rings (SSSR count). The minimum atomic E-state index is -1.17. The Hall–Kier alpha value is -2.53. The maximum absolute atomic E-state index is 14.0. The lowest BCUT2D eigenvalue weighted by molar-refractivity contribution is 0.0699. The molecule has 0 saturated heterocycles. The summed E-state index contributed by atoms with van der Waals surface area (Å²) in [6, 6.07) is 7.30. The highest BCUT2D eigenvalue weighted by atomic mass is 35.5. The van der Waals surface area contributed by atoms with E-state index in [1.165, 1.54) is 18.3 Å². The third-order valence-electron chi connectivity index (χ3n) is 3.02. The van der Waals surface area contributed by atoms with Crippen molar-refractivity contribution in [2.75, 3.05) is 0 Å². The SMILES string of the molecule is O=C(O)c1cc(-c2cccnc2)nc2c(F)cc(Cl)cc12. The van der Waals surface area contributed by atoms with Crippen molar-refractivity contribution >= 4 is 28.5 Å². The van der Waals surface area contributed by atoms with Gasteiger partial charge in [0.15, 0.2) is 5.82 Å². The molecule has 1 aromatic carbocycles. The lowest BCUT2D eigenvalue weighted by atomic mass is 10.0. The number of carboxylic acids is 1. The number of hydrogen-bond acceptors (Lipinski definition) is 3. The Labute approximate surface area is 123 Å². The molecule has 0 radical (unpaired) electrons. The zero-order chi connectivity index (χ0) is 15.0. The van der Waals surface area contributed by atoms with Crippen LogP contribution in [0.1, 0.15) is 10.4 Å². The van der Waals surface area contributed by atoms with Gasteiger partial charge in [0.1, 0.15) is 5.52 Å². The first-order chi connectivity index (χ1) is 10.1. The topological polar surface area (TPSA) is 63.1 Å². The number of benzene rings is 1. The van der Waals surface area contributed by atoms with Gasteiger partial charge in [-0.05, 0) is 30.3 Å². The molecule has 0 aliphatic heterocycles. The number of nitrogens with zero attached hydrogens (tertiary/aromatic N) is 2. The van der Waals surface area contributed by atoms with Crippen LogP contribution >= 0.6 is 11.6 Å². The van der Waals surface area contributed by atoms with E-state index in [9.17, 15) is 14.3 Å². The van der Waals surface area contributed by atoms with E-state index in [-0.39, 0.29) is 21.5 Å². The molecule has 0 saturated carbocycles. The van der Waals surface area contributed by atoms with Gasteiger partial charge in [0.05, 0.1) is 11.3 Å². The first-order valence-corrected chi connectivity index (χ1v) is 6.37. The summed E-state index contributed by atoms with van der Waals surface area (Å²) in [4.78, 5) is 19.6. The molecule has 0 amide bonds. The van der Waals surface area contributed by atoms with E-state index in [1.807, 2.05) is 0 Å². The Morgan fingerprint density at radius 1 is 1.29 bits per heavy atom. The summed E-state index contributed by atoms with van der Waals surface area (Å²) in [7, 11) is 0. The van der Waals surface area contributed by atoms with Gasteiger partial charge in [-0.25, -0.2) is 14.2 Å². The minimum absolute atomic E-state index is 0.0295. The summed E-state index contributed by atoms with van der Waals surface area (Å²) < 4.78 is 14.0. The summed E-state index contributed by atoms with van der Waals surface area (Å²) in [5.41, 5.74) is 0.865. The van der Waals surface area contributed by atoms with Crippen molar-refractivity contribution in [2.24, 2.45) is 0 Å². The predicted molar refractivity (Wildman–Crippen MR) is 76.9 cm³/mol. The second-order valence-electron chi connectivity index (χ2n) is 4.39. The first kappa shape index (κ1) is 13.5. The third-order valence-corrected chi connectivity index (χ3v) is 3.24. The van der Waals surface area contributed by atoms with Crippen LogP contribution in [0, 0.1) is 5.82 Å². The average Bonchev–Trinajstić information content (AvgIpc) is 2.47. The smallest absolute Gasteiger partial charge is 0.336 e. The number of aromatic carboxylic acids is 1. The molecule has 0 unspecified atom stereocenters. The summed E-state index contributed by atoms with van der Waals surface area (Å²) in [5.74, 6) is -1.83. The Morgan fingerprint density at radius 3 is 2.76 bits per heavy atom. The standard InChI is InChI=1S/C15H8ClFN2O2/c16-9-4-10-11(15(20)21)6-13(8-2-1-3-18-7-8)19-14(10)12(17)5-9/h1-7H,(H,20,21). The van der Waals surface area contributed by atoms with E-state index in [4.69, 9.17) is 11.6 Å². The summed E-state index contributed by atoms with van der Waals surface area (Å²) >= 11 is 5.79. The van der Waals surface area contributed by atoms with Gasteiger partial charge < -0.3 is 5.11 Å². The number of halogens is 2. The maximum atomic E-state index is 14.0. The highest BCUT2D eigenvalue weighted by Gasteiger charge is 2.16. The van der Waals surface area contributed by atoms with Gasteiger partial charge in [0.25, 0.3) is 0 Å². The molecule has 0 atom stereocenters. The quantitative estimate of drug-likeness (QED) is 0.782. The van der Waals surface area contributed by atoms with E-state index in [0.717, 1.165) is 6.07 Å². The van der Waals surface area contributed by atoms with Crippen LogP contribution in [0.25, 0.3) is 22.2 Å². The van der Waals surface area contributed by atoms with Gasteiger partial charge in [0.2, 0.25) is 0 Å². The van der Waals surface area contributed by atoms with Crippen molar-refractivity contribution in [1.82, 2.24) is 9.97 Å². The highest BCUT2D eigenvalue weighted by molar-refractivity contribution is 6.31. The van der Waals surface area contributed by atoms with Crippen molar-refractivity contribution in [1.29, 1.82) is 0 Å². The van der Waals surface area contributed by atoms with Gasteiger partial charge in [-0.1, -0.05) is 11.6 Å². The maximum Gasteiger partial charge on any atom is 0.336 e. The van der Waals surface area contributed by atoms with E-state index in [2.05, 4.69) is 9.97 Å². The van der Waals surface area contributed by atoms with Gasteiger partial charge in [0, 0.05) is 28.4 Å². The van der Waals surface area contributed by atoms with Crippen molar-refractivity contribution in [3.63, 3.8) is 0 Å². The molecule has 2 aromatic heterocycles. The van der Waals surface area contributed by atoms with Gasteiger partial charge >= 0.3 is 5.97 Å². The fourth-order valence-electron chi connectivity index (χ4n) is 2.09. The lowest BCUT2D eigenvalue weighted by Crippen LogP contribution is -2.01. The number of hydrogen-bond donors (Lipinski definition) is 1. The molecule has 0 fully saturated rings. The molecule has 0 aliphatic carbocycles. The van der Waals surface area contributed by atoms with Crippen LogP contribution in [0.5, 0.6) is 0 Å². The lowest BCUT2D eigenvalue weighted by Gasteiger charge is -2.08. The Balaban J connectivity index is 2.38. The second kappa shape index (κ2) is 5.10. The van der Waals surface area contributed by atoms with Crippen LogP contribution in [0.2, 0.25) is 5.02 Å². The molecule has 3 aromatic rings. The molecule has 6 heteroatoms. The largest absolute Gasteiger partial charge is 0.478 e. The molecule has 0 aliphatic rings. The summed E-state index contributed by atoms with van der Waals surface area (Å²) in [5, 5.41) is 9.62. The van der Waals surface area contributed by atoms with Crippen LogP contribution in [0.3, 0.4) is 0 Å². The van der Waals surface area contributed by atoms with Crippen LogP contribution < -0.4 is 0 Å². The third kappa shape index (κ3) is 2.43. The van der Waals surface area contributed by atoms with Crippen LogP contribution in [0.4, 0.5) is 4.39 Å². The molecule has 2 heterocycles. The van der Waals surface area contributed by atoms with E-state index in [0.29, 0.717) is 11.3 Å². The molecule has 104 valence electrons. The molecule has 4 nitrogen and oxygen atoms in total. The summed E-state index contributed by atoms with van der Waals surface area (Å²) in [6.07, 6.45) is 3.12. The normalized spacial score (nSPS) is 10.8. The van der Waals surface area contributed by atoms with Gasteiger partial charge in [-0.3, -0.25) is 4.98 Å². The number of aromatic nitrogens is 2. The zero-order valence-corrected chi connectivity index (χ0v) is 11.3. The number of pyridine rings is 2. The molecule has 1 N–H and O–H groups in total. The van der Waals surface area contributed by atoms with Crippen molar-refractivity contribution in [2.45, 2.75) is 0 Å². The molecule has 0 spiro atoms. The number of carboxylic acid groups (broad SMARTS) is 1. The average molecular weight is 303 g/mol. The molecular formula is C15H8ClFN2O2. The van der Waals surface area contributed by atoms with Gasteiger partial charge in [-0.15, -0.1) is 0 Å². The Bertz CT molecular complexity index is 853. The van der Waals surface area contributed by atoms with E-state index < -0.39 is 11.8 Å². The van der Waals surface area contributed by atoms with Crippen molar-refractivity contribution < 1.29 is 14.3 Å². The summed E-state index contributed by atoms with van der Waals surface area (Å²) in [6.45, 7) is 0. The van der Waals surface area contributed by atoms with Crippen molar-refractivity contribution in [3.8, 4) is 11.3 Å². The van der Waals surface area contributed by atoms with Crippen LogP contribution in [0.15, 0.2) is 42.7 Å². The minimum Gasteiger partial charge on any atom is -0.478 e. The fraction of sp³-hybridized carbons (Fsp3) is 0. The predicted octanol–water partition coefficient (Wildman–Crippen LogP) is 3.79. The number of carbonyl (C=O) groups is 1. The number of fused-ring (bicyclic) bond motifs is 1. The van der Waals surface area contributed by atoms with Crippen molar-refractivity contribution in [3.05, 3.63) is 59.1 Å². The van der Waals surface area contributed by atoms with E-state index in [1.54, 1.807) is 18.3 Å². The molecule has 21 heavy (non-hydrogen) atoms. The van der Waals surface area contributed by atoms with Crippen LogP contribution in [-0.2, 0) is 0 Å².